The molecular weight excluding hydrogens is 1030 g/mol. The largest absolute Gasteiger partial charge is 0.505 e. The minimum Gasteiger partial charge on any atom is -0.505 e. The van der Waals surface area contributed by atoms with Crippen LogP contribution in [0.25, 0.3) is 21.5 Å². The first-order valence-electron chi connectivity index (χ1n) is 19.1. The molecule has 70 heavy (non-hydrogen) atoms. The van der Waals surface area contributed by atoms with E-state index in [1.165, 1.54) is 50.6 Å². The van der Waals surface area contributed by atoms with Crippen molar-refractivity contribution in [1.82, 2.24) is 0 Å². The Morgan fingerprint density at radius 3 is 1.61 bits per heavy atom. The van der Waals surface area contributed by atoms with Crippen LogP contribution in [-0.4, -0.2) is 92.1 Å². The standard InChI is InChI=1S/C38H37N9O18S5/c1-60-30-16-28(32(62-8-10-67(40,50)51)18-26(30)43-42-22-14-25-23(36(15-22)70(57,58)59)4-3-5-35(25)69(54,55)56)45-44-27-19-33(63-9-11-68(41,52)53)29(17-31(27)61-2)46-47-37-34(66-65-64-49)12-20-6-7-21(39)13-24(20)38(37)48/h3-7,12-19,48-49H,8-11,39H2,1-2H3,(H2,40,50,51)(H2,41,52,53)(H,54,55,56)(H,57,58,59). The van der Waals surface area contributed by atoms with Crippen molar-refractivity contribution in [3.8, 4) is 28.7 Å². The topological polar surface area (TPSA) is 425 Å². The van der Waals surface area contributed by atoms with Gasteiger partial charge in [-0.05, 0) is 41.8 Å². The third-order valence-corrected chi connectivity index (χ3v) is 13.2. The van der Waals surface area contributed by atoms with Crippen LogP contribution in [0.5, 0.6) is 28.7 Å². The van der Waals surface area contributed by atoms with E-state index in [1.807, 2.05) is 0 Å². The van der Waals surface area contributed by atoms with Crippen LogP contribution >= 0.6 is 12.0 Å². The molecule has 0 fully saturated rings. The van der Waals surface area contributed by atoms with Gasteiger partial charge in [-0.2, -0.15) is 21.9 Å². The number of nitrogens with zero attached hydrogens (tertiary/aromatic N) is 6. The molecule has 0 unspecified atom stereocenters. The number of hydrogen-bond acceptors (Lipinski definition) is 24. The second-order valence-corrected chi connectivity index (χ2v) is 21.0. The molecule has 0 aromatic heterocycles. The third-order valence-electron chi connectivity index (χ3n) is 9.26. The molecule has 0 spiro atoms. The molecule has 0 aliphatic rings. The highest BCUT2D eigenvalue weighted by atomic mass is 32.2. The van der Waals surface area contributed by atoms with E-state index >= 15 is 0 Å². The number of fused-ring (bicyclic) bond motifs is 2. The van der Waals surface area contributed by atoms with Crippen LogP contribution in [0.1, 0.15) is 0 Å². The monoisotopic (exact) mass is 1070 g/mol. The van der Waals surface area contributed by atoms with Gasteiger partial charge in [-0.1, -0.05) is 23.2 Å². The van der Waals surface area contributed by atoms with Crippen LogP contribution in [0.15, 0.2) is 124 Å². The predicted octanol–water partition coefficient (Wildman–Crippen LogP) is 6.80. The summed E-state index contributed by atoms with van der Waals surface area (Å²) in [6.07, 6.45) is 0. The number of nitrogen functional groups attached to an aromatic ring is 1. The lowest BCUT2D eigenvalue weighted by Crippen LogP contribution is -2.21. The molecule has 0 aliphatic carbocycles. The minimum absolute atomic E-state index is 0.0514. The maximum absolute atomic E-state index is 12.4. The molecule has 32 heteroatoms. The Morgan fingerprint density at radius 1 is 0.586 bits per heavy atom. The van der Waals surface area contributed by atoms with Crippen molar-refractivity contribution < 1.29 is 81.5 Å². The summed E-state index contributed by atoms with van der Waals surface area (Å²) in [5.74, 6) is -2.31. The van der Waals surface area contributed by atoms with E-state index in [0.717, 1.165) is 30.3 Å². The van der Waals surface area contributed by atoms with Crippen molar-refractivity contribution in [2.75, 3.05) is 44.7 Å². The number of primary sulfonamides is 2. The number of aromatic hydroxyl groups is 1. The number of azo groups is 3. The summed E-state index contributed by atoms with van der Waals surface area (Å²) in [7, 11) is -15.6. The number of methoxy groups -OCH3 is 2. The van der Waals surface area contributed by atoms with Crippen molar-refractivity contribution in [2.45, 2.75) is 14.7 Å². The van der Waals surface area contributed by atoms with Gasteiger partial charge < -0.3 is 29.8 Å². The first kappa shape index (κ1) is 52.7. The first-order valence-corrected chi connectivity index (χ1v) is 26.1. The molecule has 0 saturated carbocycles. The fourth-order valence-electron chi connectivity index (χ4n) is 6.18. The molecule has 0 radical (unpaired) electrons. The summed E-state index contributed by atoms with van der Waals surface area (Å²) in [5.41, 5.74) is 5.16. The van der Waals surface area contributed by atoms with E-state index in [2.05, 4.69) is 40.1 Å². The Balaban J connectivity index is 1.45. The van der Waals surface area contributed by atoms with Crippen LogP contribution < -0.4 is 35.0 Å². The summed E-state index contributed by atoms with van der Waals surface area (Å²) >= 11 is 0.464. The number of nitrogens with two attached hydrogens (primary N) is 3. The molecule has 0 aliphatic heterocycles. The highest BCUT2D eigenvalue weighted by Gasteiger charge is 2.23. The number of anilines is 1. The number of hydrogen-bond donors (Lipinski definition) is 7. The smallest absolute Gasteiger partial charge is 0.295 e. The van der Waals surface area contributed by atoms with Gasteiger partial charge in [-0.25, -0.2) is 32.4 Å². The second-order valence-electron chi connectivity index (χ2n) is 14.0. The maximum Gasteiger partial charge on any atom is 0.295 e. The Hall–Kier alpha value is -6.69. The van der Waals surface area contributed by atoms with Crippen molar-refractivity contribution in [3.05, 3.63) is 78.9 Å². The lowest BCUT2D eigenvalue weighted by molar-refractivity contribution is -0.432. The van der Waals surface area contributed by atoms with Crippen LogP contribution in [0.3, 0.4) is 0 Å². The Kier molecular flexibility index (Phi) is 16.2. The summed E-state index contributed by atoms with van der Waals surface area (Å²) in [6, 6.07) is 16.3. The van der Waals surface area contributed by atoms with E-state index in [-0.39, 0.29) is 78.2 Å². The number of phenolic OH excluding ortho intramolecular Hbond substituents is 1. The molecule has 0 saturated heterocycles. The average Bonchev–Trinajstić information content (AvgIpc) is 3.28. The highest BCUT2D eigenvalue weighted by Crippen LogP contribution is 2.47. The molecule has 372 valence electrons. The van der Waals surface area contributed by atoms with Gasteiger partial charge in [0, 0.05) is 46.1 Å². The van der Waals surface area contributed by atoms with Crippen LogP contribution in [0.4, 0.5) is 39.8 Å². The summed E-state index contributed by atoms with van der Waals surface area (Å²) < 4.78 is 143. The average molecular weight is 1070 g/mol. The number of phenols is 1. The summed E-state index contributed by atoms with van der Waals surface area (Å²) in [5, 5.41) is 59.3. The van der Waals surface area contributed by atoms with Gasteiger partial charge in [0.25, 0.3) is 20.2 Å². The van der Waals surface area contributed by atoms with Crippen LogP contribution in [0.2, 0.25) is 0 Å². The zero-order valence-corrected chi connectivity index (χ0v) is 39.9. The number of ether oxygens (including phenoxy) is 4. The van der Waals surface area contributed by atoms with E-state index in [9.17, 15) is 47.9 Å². The Bertz CT molecular complexity index is 3560. The molecule has 0 atom stereocenters. The third kappa shape index (κ3) is 13.3. The van der Waals surface area contributed by atoms with E-state index in [1.54, 1.807) is 12.1 Å². The number of sulfonamides is 2. The molecule has 0 heterocycles. The van der Waals surface area contributed by atoms with Crippen molar-refractivity contribution in [3.63, 3.8) is 0 Å². The zero-order chi connectivity index (χ0) is 51.2. The zero-order valence-electron chi connectivity index (χ0n) is 35.8. The second kappa shape index (κ2) is 21.5. The van der Waals surface area contributed by atoms with Gasteiger partial charge in [0.15, 0.2) is 5.75 Å². The normalized spacial score (nSPS) is 12.7. The molecule has 0 amide bonds. The number of rotatable bonds is 21. The van der Waals surface area contributed by atoms with Crippen molar-refractivity contribution in [1.29, 1.82) is 0 Å². The molecule has 0 bridgehead atoms. The lowest BCUT2D eigenvalue weighted by atomic mass is 10.1. The summed E-state index contributed by atoms with van der Waals surface area (Å²) in [4.78, 5) is -1.38. The fraction of sp³-hybridized carbons (Fsp3) is 0.158. The minimum atomic E-state index is -5.01. The molecule has 6 aromatic rings. The first-order chi connectivity index (χ1) is 32.9. The highest BCUT2D eigenvalue weighted by molar-refractivity contribution is 7.94. The van der Waals surface area contributed by atoms with E-state index < -0.39 is 80.5 Å². The fourth-order valence-corrected chi connectivity index (χ4v) is 8.73. The lowest BCUT2D eigenvalue weighted by Gasteiger charge is -2.13. The van der Waals surface area contributed by atoms with Crippen molar-refractivity contribution >= 4 is 114 Å². The van der Waals surface area contributed by atoms with Crippen LogP contribution in [-0.2, 0) is 49.7 Å². The Morgan fingerprint density at radius 2 is 1.10 bits per heavy atom. The van der Waals surface area contributed by atoms with Gasteiger partial charge in [-0.15, -0.1) is 29.9 Å². The molecule has 6 aromatic carbocycles. The maximum atomic E-state index is 12.4. The Labute approximate surface area is 401 Å². The van der Waals surface area contributed by atoms with Crippen molar-refractivity contribution in [2.24, 2.45) is 41.0 Å². The predicted molar refractivity (Wildman–Crippen MR) is 250 cm³/mol. The number of benzene rings is 6. The van der Waals surface area contributed by atoms with Crippen LogP contribution in [0, 0.1) is 0 Å². The van der Waals surface area contributed by atoms with E-state index in [0.29, 0.717) is 23.1 Å². The van der Waals surface area contributed by atoms with Gasteiger partial charge in [-0.3, -0.25) is 9.11 Å². The van der Waals surface area contributed by atoms with Gasteiger partial charge >= 0.3 is 0 Å². The molecular formula is C38H37N9O18S5. The molecule has 27 nitrogen and oxygen atoms in total. The van der Waals surface area contributed by atoms with E-state index in [4.69, 9.17) is 40.2 Å². The molecule has 10 N–H and O–H groups in total. The van der Waals surface area contributed by atoms with Gasteiger partial charge in [0.05, 0.1) is 48.4 Å². The van der Waals surface area contributed by atoms with Gasteiger partial charge in [0.2, 0.25) is 20.0 Å². The van der Waals surface area contributed by atoms with Gasteiger partial charge in [0.1, 0.15) is 74.4 Å². The molecule has 6 rings (SSSR count). The SMILES string of the molecule is COc1cc(N=Nc2cc(OCCS(N)(=O)=O)c(N=Nc3c(SOOO)cc4ccc(N)cc4c3O)cc2OC)c(OCCS(N)(=O)=O)cc1N=Nc1cc(S(=O)(=O)O)c2cccc(S(=O)(=O)O)c2c1. The summed E-state index contributed by atoms with van der Waals surface area (Å²) in [6.45, 7) is -1.06. The quantitative estimate of drug-likeness (QED) is 0.00972.